The van der Waals surface area contributed by atoms with Gasteiger partial charge in [-0.1, -0.05) is 12.8 Å². The van der Waals surface area contributed by atoms with Crippen molar-refractivity contribution in [2.75, 3.05) is 0 Å². The Bertz CT molecular complexity index is 485. The summed E-state index contributed by atoms with van der Waals surface area (Å²) in [7, 11) is 0. The van der Waals surface area contributed by atoms with Crippen LogP contribution < -0.4 is 0 Å². The van der Waals surface area contributed by atoms with Crippen molar-refractivity contribution < 1.29 is 9.90 Å². The van der Waals surface area contributed by atoms with E-state index in [1.54, 1.807) is 0 Å². The van der Waals surface area contributed by atoms with Gasteiger partial charge in [0.25, 0.3) is 0 Å². The maximum Gasteiger partial charge on any atom is 0.356 e. The number of hydrogen-bond donors (Lipinski definition) is 2. The fraction of sp³-hybridized carbons (Fsp3) is 0.667. The summed E-state index contributed by atoms with van der Waals surface area (Å²) in [5, 5.41) is 15.9. The van der Waals surface area contributed by atoms with Crippen LogP contribution in [0.5, 0.6) is 0 Å². The van der Waals surface area contributed by atoms with Crippen LogP contribution in [0.1, 0.15) is 53.3 Å². The molecule has 4 rings (SSSR count). The van der Waals surface area contributed by atoms with E-state index in [4.69, 9.17) is 5.11 Å². The number of aromatic nitrogens is 2. The average Bonchev–Trinajstić information content (AvgIpc) is 2.69. The van der Waals surface area contributed by atoms with Crippen LogP contribution in [-0.4, -0.2) is 21.3 Å². The van der Waals surface area contributed by atoms with Gasteiger partial charge in [-0.15, -0.1) is 0 Å². The Morgan fingerprint density at radius 1 is 1.44 bits per heavy atom. The number of nitrogens with one attached hydrogen (secondary N) is 1. The second-order valence-electron chi connectivity index (χ2n) is 5.50. The van der Waals surface area contributed by atoms with Crippen LogP contribution in [0.4, 0.5) is 0 Å². The number of H-pyrrole nitrogens is 1. The molecular weight excluding hydrogens is 204 g/mol. The molecule has 4 heteroatoms. The molecule has 3 aliphatic rings. The van der Waals surface area contributed by atoms with Gasteiger partial charge in [0, 0.05) is 17.2 Å². The van der Waals surface area contributed by atoms with Gasteiger partial charge in [0.15, 0.2) is 5.69 Å². The number of carboxylic acid groups (broad SMARTS) is 1. The number of carboxylic acids is 1. The van der Waals surface area contributed by atoms with E-state index < -0.39 is 5.97 Å². The number of aromatic carboxylic acids is 1. The van der Waals surface area contributed by atoms with Crippen LogP contribution in [0.3, 0.4) is 0 Å². The summed E-state index contributed by atoms with van der Waals surface area (Å²) >= 11 is 0. The molecule has 2 N–H and O–H groups in total. The van der Waals surface area contributed by atoms with E-state index in [0.717, 1.165) is 23.6 Å². The van der Waals surface area contributed by atoms with Crippen molar-refractivity contribution in [1.82, 2.24) is 10.2 Å². The van der Waals surface area contributed by atoms with Crippen molar-refractivity contribution >= 4 is 5.97 Å². The highest BCUT2D eigenvalue weighted by atomic mass is 16.4. The van der Waals surface area contributed by atoms with Crippen molar-refractivity contribution in [1.29, 1.82) is 0 Å². The normalized spacial score (nSPS) is 32.8. The summed E-state index contributed by atoms with van der Waals surface area (Å²) < 4.78 is 0. The van der Waals surface area contributed by atoms with Crippen LogP contribution in [0.2, 0.25) is 0 Å². The van der Waals surface area contributed by atoms with Gasteiger partial charge in [-0.25, -0.2) is 4.79 Å². The van der Waals surface area contributed by atoms with E-state index in [-0.39, 0.29) is 5.69 Å². The van der Waals surface area contributed by atoms with E-state index in [0.29, 0.717) is 11.3 Å². The van der Waals surface area contributed by atoms with Gasteiger partial charge in [-0.2, -0.15) is 5.10 Å². The lowest BCUT2D eigenvalue weighted by atomic mass is 9.92. The van der Waals surface area contributed by atoms with Gasteiger partial charge in [-0.3, -0.25) is 5.10 Å². The summed E-state index contributed by atoms with van der Waals surface area (Å²) in [5.74, 6) is 0.433. The predicted molar refractivity (Wildman–Crippen MR) is 56.4 cm³/mol. The molecule has 0 aliphatic heterocycles. The summed E-state index contributed by atoms with van der Waals surface area (Å²) in [6.07, 6.45) is 6.31. The second-order valence-corrected chi connectivity index (χ2v) is 5.50. The van der Waals surface area contributed by atoms with Gasteiger partial charge < -0.3 is 5.11 Å². The zero-order valence-electron chi connectivity index (χ0n) is 8.99. The van der Waals surface area contributed by atoms with Crippen molar-refractivity contribution in [3.05, 3.63) is 17.0 Å². The average molecular weight is 218 g/mol. The van der Waals surface area contributed by atoms with Crippen LogP contribution >= 0.6 is 0 Å². The Morgan fingerprint density at radius 3 is 2.88 bits per heavy atom. The molecule has 3 aliphatic carbocycles. The van der Waals surface area contributed by atoms with E-state index in [9.17, 15) is 4.79 Å². The number of carbonyl (C=O) groups is 1. The predicted octanol–water partition coefficient (Wildman–Crippen LogP) is 1.94. The van der Waals surface area contributed by atoms with Gasteiger partial charge in [-0.05, 0) is 30.6 Å². The lowest BCUT2D eigenvalue weighted by molar-refractivity contribution is 0.0689. The molecule has 2 atom stereocenters. The highest BCUT2D eigenvalue weighted by Crippen LogP contribution is 2.76. The molecule has 1 aromatic rings. The molecule has 0 saturated heterocycles. The quantitative estimate of drug-likeness (QED) is 0.757. The lowest BCUT2D eigenvalue weighted by Gasteiger charge is -2.12. The molecule has 1 aromatic heterocycles. The minimum atomic E-state index is -0.890. The highest BCUT2D eigenvalue weighted by molar-refractivity contribution is 5.88. The summed E-state index contributed by atoms with van der Waals surface area (Å²) in [6.45, 7) is 0. The first-order valence-corrected chi connectivity index (χ1v) is 6.04. The first-order chi connectivity index (χ1) is 7.74. The summed E-state index contributed by atoms with van der Waals surface area (Å²) in [4.78, 5) is 11.0. The molecule has 0 unspecified atom stereocenters. The Labute approximate surface area is 93.1 Å². The van der Waals surface area contributed by atoms with Crippen molar-refractivity contribution in [3.63, 3.8) is 0 Å². The maximum atomic E-state index is 11.0. The summed E-state index contributed by atoms with van der Waals surface area (Å²) in [5.41, 5.74) is 2.93. The van der Waals surface area contributed by atoms with E-state index >= 15 is 0 Å². The molecule has 1 spiro atoms. The molecule has 0 bridgehead atoms. The standard InChI is InChI=1S/C12H14N2O2/c15-11(16)10-6-5-7-8(9(6)13-14-10)12(7)3-1-2-4-12/h7-8H,1-5H2,(H,13,14)(H,15,16)/t7-,8-/m1/s1. The fourth-order valence-corrected chi connectivity index (χ4v) is 4.34. The smallest absolute Gasteiger partial charge is 0.356 e. The van der Waals surface area contributed by atoms with E-state index in [1.165, 1.54) is 25.7 Å². The van der Waals surface area contributed by atoms with E-state index in [2.05, 4.69) is 10.2 Å². The highest BCUT2D eigenvalue weighted by Gasteiger charge is 2.69. The third-order valence-corrected chi connectivity index (χ3v) is 5.02. The third-order valence-electron chi connectivity index (χ3n) is 5.02. The van der Waals surface area contributed by atoms with E-state index in [1.807, 2.05) is 0 Å². The lowest BCUT2D eigenvalue weighted by Crippen LogP contribution is -2.07. The molecular formula is C12H14N2O2. The summed E-state index contributed by atoms with van der Waals surface area (Å²) in [6, 6.07) is 0. The Morgan fingerprint density at radius 2 is 2.19 bits per heavy atom. The minimum Gasteiger partial charge on any atom is -0.476 e. The van der Waals surface area contributed by atoms with Crippen molar-refractivity contribution in [2.45, 2.75) is 38.0 Å². The van der Waals surface area contributed by atoms with Gasteiger partial charge >= 0.3 is 5.97 Å². The van der Waals surface area contributed by atoms with Crippen LogP contribution in [0.15, 0.2) is 0 Å². The molecule has 1 heterocycles. The van der Waals surface area contributed by atoms with Crippen LogP contribution in [-0.2, 0) is 6.42 Å². The molecule has 0 amide bonds. The SMILES string of the molecule is O=C(O)c1n[nH]c2c1C[C@@H]1[C@H]2C12CCCC2. The maximum absolute atomic E-state index is 11.0. The number of rotatable bonds is 1. The molecule has 84 valence electrons. The Hall–Kier alpha value is -1.32. The van der Waals surface area contributed by atoms with Gasteiger partial charge in [0.2, 0.25) is 0 Å². The first kappa shape index (κ1) is 8.79. The molecule has 2 saturated carbocycles. The monoisotopic (exact) mass is 218 g/mol. The molecule has 16 heavy (non-hydrogen) atoms. The molecule has 0 aromatic carbocycles. The zero-order chi connectivity index (χ0) is 10.9. The fourth-order valence-electron chi connectivity index (χ4n) is 4.34. The molecule has 2 fully saturated rings. The van der Waals surface area contributed by atoms with Crippen LogP contribution in [0.25, 0.3) is 0 Å². The second kappa shape index (κ2) is 2.50. The topological polar surface area (TPSA) is 66.0 Å². The Kier molecular flexibility index (Phi) is 1.37. The third kappa shape index (κ3) is 0.794. The van der Waals surface area contributed by atoms with Gasteiger partial charge in [0.05, 0.1) is 0 Å². The number of hydrogen-bond acceptors (Lipinski definition) is 2. The van der Waals surface area contributed by atoms with Gasteiger partial charge in [0.1, 0.15) is 0 Å². The zero-order valence-corrected chi connectivity index (χ0v) is 8.99. The number of nitrogens with zero attached hydrogens (tertiary/aromatic N) is 1. The molecule has 4 nitrogen and oxygen atoms in total. The largest absolute Gasteiger partial charge is 0.476 e. The minimum absolute atomic E-state index is 0.260. The first-order valence-electron chi connectivity index (χ1n) is 6.04. The number of fused-ring (bicyclic) bond motifs is 5. The van der Waals surface area contributed by atoms with Crippen molar-refractivity contribution in [2.24, 2.45) is 11.3 Å². The molecule has 0 radical (unpaired) electrons. The number of aromatic amines is 1. The van der Waals surface area contributed by atoms with Crippen LogP contribution in [0, 0.1) is 11.3 Å². The Balaban J connectivity index is 1.75. The van der Waals surface area contributed by atoms with Crippen molar-refractivity contribution in [3.8, 4) is 0 Å².